The molecule has 0 aromatic rings. The molecule has 0 amide bonds. The van der Waals surface area contributed by atoms with Gasteiger partial charge in [-0.25, -0.2) is 0 Å². The van der Waals surface area contributed by atoms with E-state index in [4.69, 9.17) is 4.74 Å². The monoisotopic (exact) mass is 327 g/mol. The van der Waals surface area contributed by atoms with Crippen molar-refractivity contribution in [3.8, 4) is 0 Å². The molecule has 3 heteroatoms. The van der Waals surface area contributed by atoms with Crippen LogP contribution in [-0.4, -0.2) is 22.8 Å². The van der Waals surface area contributed by atoms with E-state index >= 15 is 0 Å². The van der Waals surface area contributed by atoms with Gasteiger partial charge in [-0.15, -0.1) is 0 Å². The second-order valence-electron chi connectivity index (χ2n) is 6.02. The fourth-order valence-corrected chi connectivity index (χ4v) is 17.6. The maximum Gasteiger partial charge on any atom is 0.105 e. The summed E-state index contributed by atoms with van der Waals surface area (Å²) in [5.74, 6) is 0. The number of hydrogen-bond acceptors (Lipinski definition) is 1. The number of hydrogen-bond donors (Lipinski definition) is 0. The van der Waals surface area contributed by atoms with Crippen LogP contribution in [0.25, 0.3) is 0 Å². The smallest absolute Gasteiger partial charge is 0.105 e. The summed E-state index contributed by atoms with van der Waals surface area (Å²) in [4.78, 5) is 0. The first-order valence-electron chi connectivity index (χ1n) is 9.33. The van der Waals surface area contributed by atoms with Gasteiger partial charge in [-0.05, 0) is 5.14 Å². The average molecular weight is 328 g/mol. The maximum absolute atomic E-state index is 9.70. The van der Waals surface area contributed by atoms with Crippen LogP contribution >= 0.6 is 0 Å². The molecular formula is C18H38OSi2. The van der Waals surface area contributed by atoms with Crippen LogP contribution in [0.15, 0.2) is 25.0 Å². The van der Waals surface area contributed by atoms with Crippen molar-refractivity contribution >= 4 is 16.1 Å². The highest BCUT2D eigenvalue weighted by molar-refractivity contribution is 7.00. The summed E-state index contributed by atoms with van der Waals surface area (Å²) in [5.41, 5.74) is 0. The van der Waals surface area contributed by atoms with Gasteiger partial charge in [0.05, 0.1) is 22.4 Å². The predicted octanol–water partition coefficient (Wildman–Crippen LogP) is 6.63. The minimum Gasteiger partial charge on any atom is -0.498 e. The minimum atomic E-state index is -1.69. The van der Waals surface area contributed by atoms with Crippen LogP contribution in [0.3, 0.4) is 0 Å². The summed E-state index contributed by atoms with van der Waals surface area (Å²) in [6, 6.07) is 7.19. The van der Waals surface area contributed by atoms with E-state index < -0.39 is 16.1 Å². The molecule has 0 heterocycles. The van der Waals surface area contributed by atoms with Crippen LogP contribution in [0.5, 0.6) is 0 Å². The van der Waals surface area contributed by atoms with E-state index in [1.807, 2.05) is 6.26 Å². The molecule has 0 unspecified atom stereocenters. The van der Waals surface area contributed by atoms with Crippen molar-refractivity contribution in [1.82, 2.24) is 0 Å². The quantitative estimate of drug-likeness (QED) is 0.169. The van der Waals surface area contributed by atoms with Crippen molar-refractivity contribution in [3.63, 3.8) is 0 Å². The molecule has 0 fully saturated rings. The summed E-state index contributed by atoms with van der Waals surface area (Å²) >= 11 is 0. The lowest BCUT2D eigenvalue weighted by Crippen LogP contribution is -2.51. The Balaban J connectivity index is 6.04. The second-order valence-corrected chi connectivity index (χ2v) is 17.0. The Bertz CT molecular complexity index is 310. The SMILES string of the molecule is [2H]C(/C=C\OCC=C)([Si](CC)(CC)CC)[Si](CC)(CC)CC. The summed E-state index contributed by atoms with van der Waals surface area (Å²) in [6.07, 6.45) is 5.76. The molecule has 0 rings (SSSR count). The molecule has 0 radical (unpaired) electrons. The highest BCUT2D eigenvalue weighted by atomic mass is 28.4. The van der Waals surface area contributed by atoms with Gasteiger partial charge in [0.1, 0.15) is 6.61 Å². The molecule has 0 aliphatic rings. The van der Waals surface area contributed by atoms with Crippen LogP contribution in [0, 0.1) is 0 Å². The van der Waals surface area contributed by atoms with Crippen molar-refractivity contribution in [2.24, 2.45) is 0 Å². The Labute approximate surface area is 137 Å². The zero-order valence-electron chi connectivity index (χ0n) is 16.3. The normalized spacial score (nSPS) is 14.3. The summed E-state index contributed by atoms with van der Waals surface area (Å²) < 4.78 is 15.3. The molecule has 21 heavy (non-hydrogen) atoms. The van der Waals surface area contributed by atoms with Gasteiger partial charge in [0, 0.05) is 1.37 Å². The third-order valence-corrected chi connectivity index (χ3v) is 19.7. The van der Waals surface area contributed by atoms with Gasteiger partial charge in [0.15, 0.2) is 0 Å². The maximum atomic E-state index is 9.70. The van der Waals surface area contributed by atoms with Crippen molar-refractivity contribution in [2.45, 2.75) is 82.9 Å². The molecule has 1 nitrogen and oxygen atoms in total. The van der Waals surface area contributed by atoms with Gasteiger partial charge < -0.3 is 4.74 Å². The molecule has 0 saturated heterocycles. The molecule has 0 N–H and O–H groups in total. The average Bonchev–Trinajstić information content (AvgIpc) is 2.56. The van der Waals surface area contributed by atoms with Crippen LogP contribution < -0.4 is 0 Å². The van der Waals surface area contributed by atoms with Gasteiger partial charge in [-0.1, -0.05) is 96.5 Å². The zero-order valence-corrected chi connectivity index (χ0v) is 17.3. The van der Waals surface area contributed by atoms with E-state index in [9.17, 15) is 1.37 Å². The Morgan fingerprint density at radius 3 is 1.57 bits per heavy atom. The lowest BCUT2D eigenvalue weighted by atomic mass is 10.7. The van der Waals surface area contributed by atoms with Crippen LogP contribution in [0.2, 0.25) is 41.4 Å². The molecule has 0 spiro atoms. The van der Waals surface area contributed by atoms with Crippen molar-refractivity contribution < 1.29 is 6.11 Å². The molecule has 0 aromatic carbocycles. The summed E-state index contributed by atoms with van der Waals surface area (Å²) in [5, 5.41) is -0.336. The molecule has 0 saturated carbocycles. The standard InChI is InChI=1S/C18H38OSi2/c1-8-16-19-17-15-18(20(9-2,10-3)11-4)21(12-5,13-6)14-7/h8,15,17-18H,1,9-14,16H2,2-7H3/b17-15-/i18D. The van der Waals surface area contributed by atoms with Crippen LogP contribution in [0.4, 0.5) is 0 Å². The minimum absolute atomic E-state index is 0.336. The Kier molecular flexibility index (Phi) is 9.33. The van der Waals surface area contributed by atoms with Gasteiger partial charge in [-0.3, -0.25) is 0 Å². The fourth-order valence-electron chi connectivity index (χ4n) is 3.80. The molecule has 0 aliphatic carbocycles. The van der Waals surface area contributed by atoms with Gasteiger partial charge in [0.2, 0.25) is 0 Å². The van der Waals surface area contributed by atoms with Gasteiger partial charge in [-0.2, -0.15) is 0 Å². The summed E-state index contributed by atoms with van der Waals surface area (Å²) in [7, 11) is -3.39. The van der Waals surface area contributed by atoms with E-state index in [2.05, 4.69) is 54.2 Å². The molecule has 0 aromatic heterocycles. The molecular weight excluding hydrogens is 288 g/mol. The Morgan fingerprint density at radius 1 is 0.905 bits per heavy atom. The van der Waals surface area contributed by atoms with E-state index in [-0.39, 0.29) is 5.14 Å². The van der Waals surface area contributed by atoms with Gasteiger partial charge in [0.25, 0.3) is 0 Å². The van der Waals surface area contributed by atoms with Crippen LogP contribution in [0.1, 0.15) is 42.9 Å². The Hall–Kier alpha value is -0.286. The fraction of sp³-hybridized carbons (Fsp3) is 0.778. The highest BCUT2D eigenvalue weighted by Crippen LogP contribution is 2.45. The van der Waals surface area contributed by atoms with E-state index in [0.29, 0.717) is 6.61 Å². The first kappa shape index (κ1) is 18.8. The van der Waals surface area contributed by atoms with E-state index in [1.165, 1.54) is 36.3 Å². The van der Waals surface area contributed by atoms with Crippen molar-refractivity contribution in [3.05, 3.63) is 25.0 Å². The second kappa shape index (κ2) is 10.4. The number of rotatable bonds is 12. The Morgan fingerprint density at radius 2 is 1.29 bits per heavy atom. The lowest BCUT2D eigenvalue weighted by Gasteiger charge is -2.46. The first-order chi connectivity index (χ1) is 10.4. The molecule has 0 aliphatic heterocycles. The van der Waals surface area contributed by atoms with Crippen LogP contribution in [-0.2, 0) is 4.74 Å². The third-order valence-electron chi connectivity index (χ3n) is 5.75. The third kappa shape index (κ3) is 4.85. The topological polar surface area (TPSA) is 9.23 Å². The van der Waals surface area contributed by atoms with E-state index in [1.54, 1.807) is 6.08 Å². The zero-order chi connectivity index (χ0) is 17.3. The van der Waals surface area contributed by atoms with E-state index in [0.717, 1.165) is 0 Å². The molecule has 0 atom stereocenters. The predicted molar refractivity (Wildman–Crippen MR) is 103 cm³/mol. The number of allylic oxidation sites excluding steroid dienone is 1. The summed E-state index contributed by atoms with van der Waals surface area (Å²) in [6.45, 7) is 18.2. The van der Waals surface area contributed by atoms with Gasteiger partial charge >= 0.3 is 0 Å². The highest BCUT2D eigenvalue weighted by Gasteiger charge is 2.46. The first-order valence-corrected chi connectivity index (χ1v) is 14.1. The molecule has 124 valence electrons. The number of ether oxygens (including phenoxy) is 1. The molecule has 0 bridgehead atoms. The lowest BCUT2D eigenvalue weighted by molar-refractivity contribution is 0.289. The largest absolute Gasteiger partial charge is 0.498 e. The van der Waals surface area contributed by atoms with Crippen molar-refractivity contribution in [2.75, 3.05) is 6.61 Å². The van der Waals surface area contributed by atoms with Crippen molar-refractivity contribution in [1.29, 1.82) is 0 Å².